The molecule has 5 heteroatoms. The molecule has 0 saturated heterocycles. The molecule has 1 unspecified atom stereocenters. The van der Waals surface area contributed by atoms with Crippen molar-refractivity contribution >= 4 is 22.0 Å². The van der Waals surface area contributed by atoms with Gasteiger partial charge in [-0.1, -0.05) is 35.4 Å². The van der Waals surface area contributed by atoms with E-state index in [1.807, 2.05) is 6.92 Å². The van der Waals surface area contributed by atoms with Gasteiger partial charge in [0.1, 0.15) is 5.82 Å². The molecule has 0 aliphatic heterocycles. The fraction of sp³-hybridized carbons (Fsp3) is 0.400. The van der Waals surface area contributed by atoms with Crippen LogP contribution in [0.4, 0.5) is 9.18 Å². The molecule has 0 bridgehead atoms. The molecule has 0 spiro atoms. The first-order valence-corrected chi connectivity index (χ1v) is 7.35. The highest BCUT2D eigenvalue weighted by atomic mass is 79.9. The number of hydrogen-bond donors (Lipinski definition) is 1. The van der Waals surface area contributed by atoms with Gasteiger partial charge in [-0.2, -0.15) is 0 Å². The Morgan fingerprint density at radius 3 is 2.75 bits per heavy atom. The zero-order valence-electron chi connectivity index (χ0n) is 11.5. The van der Waals surface area contributed by atoms with Crippen LogP contribution in [-0.2, 0) is 0 Å². The van der Waals surface area contributed by atoms with Crippen molar-refractivity contribution in [1.29, 1.82) is 0 Å². The molecule has 110 valence electrons. The Labute approximate surface area is 127 Å². The lowest BCUT2D eigenvalue weighted by Gasteiger charge is -2.29. The lowest BCUT2D eigenvalue weighted by Crippen LogP contribution is -2.34. The molecule has 3 nitrogen and oxygen atoms in total. The quantitative estimate of drug-likeness (QED) is 0.708. The molecule has 0 radical (unpaired) electrons. The van der Waals surface area contributed by atoms with Gasteiger partial charge in [-0.3, -0.25) is 0 Å². The number of amides is 1. The molecular weight excluding hydrogens is 325 g/mol. The van der Waals surface area contributed by atoms with Crippen molar-refractivity contribution < 1.29 is 14.3 Å². The first-order valence-electron chi connectivity index (χ1n) is 6.56. The third kappa shape index (κ3) is 4.63. The zero-order valence-corrected chi connectivity index (χ0v) is 13.1. The molecule has 20 heavy (non-hydrogen) atoms. The van der Waals surface area contributed by atoms with Gasteiger partial charge in [0.25, 0.3) is 0 Å². The van der Waals surface area contributed by atoms with E-state index in [4.69, 9.17) is 0 Å². The number of benzene rings is 1. The van der Waals surface area contributed by atoms with Crippen LogP contribution in [0.25, 0.3) is 0 Å². The second kappa shape index (κ2) is 8.04. The molecule has 0 fully saturated rings. The third-order valence-corrected chi connectivity index (χ3v) is 3.49. The van der Waals surface area contributed by atoms with E-state index in [-0.39, 0.29) is 5.82 Å². The van der Waals surface area contributed by atoms with E-state index in [0.717, 1.165) is 12.8 Å². The Morgan fingerprint density at radius 2 is 2.25 bits per heavy atom. The first kappa shape index (κ1) is 16.7. The van der Waals surface area contributed by atoms with Crippen LogP contribution in [-0.4, -0.2) is 22.6 Å². The summed E-state index contributed by atoms with van der Waals surface area (Å²) in [5.74, 6) is -0.385. The Balaban J connectivity index is 3.11. The minimum absolute atomic E-state index is 0.385. The number of hydrogen-bond acceptors (Lipinski definition) is 1. The third-order valence-electron chi connectivity index (χ3n) is 3.03. The van der Waals surface area contributed by atoms with Crippen LogP contribution in [0.1, 0.15) is 37.8 Å². The number of rotatable bonds is 7. The van der Waals surface area contributed by atoms with E-state index in [2.05, 4.69) is 22.5 Å². The van der Waals surface area contributed by atoms with E-state index >= 15 is 0 Å². The molecule has 1 aromatic rings. The molecule has 0 saturated carbocycles. The molecule has 1 amide bonds. The maximum atomic E-state index is 13.5. The summed E-state index contributed by atoms with van der Waals surface area (Å²) < 4.78 is 14.1. The predicted molar refractivity (Wildman–Crippen MR) is 81.3 cm³/mol. The summed E-state index contributed by atoms with van der Waals surface area (Å²) >= 11 is 3.24. The van der Waals surface area contributed by atoms with Gasteiger partial charge in [-0.15, -0.1) is 6.58 Å². The van der Waals surface area contributed by atoms with E-state index in [1.165, 1.54) is 17.0 Å². The fourth-order valence-corrected chi connectivity index (χ4v) is 2.56. The average Bonchev–Trinajstić information content (AvgIpc) is 2.36. The highest BCUT2D eigenvalue weighted by molar-refractivity contribution is 9.10. The summed E-state index contributed by atoms with van der Waals surface area (Å²) in [6.07, 6.45) is 2.79. The van der Waals surface area contributed by atoms with Crippen LogP contribution in [0.3, 0.4) is 0 Å². The van der Waals surface area contributed by atoms with Crippen molar-refractivity contribution in [3.8, 4) is 0 Å². The van der Waals surface area contributed by atoms with Gasteiger partial charge in [-0.05, 0) is 36.6 Å². The summed E-state index contributed by atoms with van der Waals surface area (Å²) in [5.41, 5.74) is 0.635. The summed E-state index contributed by atoms with van der Waals surface area (Å²) in [5, 5.41) is 9.38. The second-order valence-electron chi connectivity index (χ2n) is 4.57. The van der Waals surface area contributed by atoms with Gasteiger partial charge in [-0.25, -0.2) is 9.18 Å². The topological polar surface area (TPSA) is 40.5 Å². The fourth-order valence-electron chi connectivity index (χ4n) is 2.08. The van der Waals surface area contributed by atoms with Gasteiger partial charge in [0.2, 0.25) is 0 Å². The van der Waals surface area contributed by atoms with Crippen LogP contribution in [0.5, 0.6) is 0 Å². The van der Waals surface area contributed by atoms with Gasteiger partial charge in [0.15, 0.2) is 0 Å². The highest BCUT2D eigenvalue weighted by Crippen LogP contribution is 2.28. The molecule has 0 aromatic heterocycles. The first-order chi connectivity index (χ1) is 9.49. The molecule has 1 rings (SSSR count). The molecular formula is C15H19BrFNO2. The standard InChI is InChI=1S/C15H19BrFNO2/c1-3-5-7-18(15(19)20)14(6-4-2)11-8-12(16)10-13(17)9-11/h4,8-10,14H,2-3,5-7H2,1H3,(H,19,20). The van der Waals surface area contributed by atoms with Crippen molar-refractivity contribution in [3.63, 3.8) is 0 Å². The Bertz CT molecular complexity index is 459. The number of carboxylic acid groups (broad SMARTS) is 1. The molecule has 1 atom stereocenters. The lowest BCUT2D eigenvalue weighted by atomic mass is 10.0. The van der Waals surface area contributed by atoms with Crippen molar-refractivity contribution in [3.05, 3.63) is 46.7 Å². The Hall–Kier alpha value is -1.36. The lowest BCUT2D eigenvalue weighted by molar-refractivity contribution is 0.123. The second-order valence-corrected chi connectivity index (χ2v) is 5.49. The van der Waals surface area contributed by atoms with Gasteiger partial charge >= 0.3 is 6.09 Å². The summed E-state index contributed by atoms with van der Waals surface area (Å²) in [7, 11) is 0. The molecule has 0 aliphatic carbocycles. The van der Waals surface area contributed by atoms with Gasteiger partial charge in [0, 0.05) is 11.0 Å². The van der Waals surface area contributed by atoms with Crippen LogP contribution in [0.15, 0.2) is 35.3 Å². The summed E-state index contributed by atoms with van der Waals surface area (Å²) in [6.45, 7) is 6.10. The minimum atomic E-state index is -0.995. The van der Waals surface area contributed by atoms with Crippen molar-refractivity contribution in [2.75, 3.05) is 6.54 Å². The molecule has 1 aromatic carbocycles. The molecule has 0 heterocycles. The SMILES string of the molecule is C=CCC(c1cc(F)cc(Br)c1)N(CCCC)C(=O)O. The highest BCUT2D eigenvalue weighted by Gasteiger charge is 2.24. The van der Waals surface area contributed by atoms with Crippen LogP contribution >= 0.6 is 15.9 Å². The number of carbonyl (C=O) groups is 1. The average molecular weight is 344 g/mol. The maximum absolute atomic E-state index is 13.5. The van der Waals surface area contributed by atoms with Crippen molar-refractivity contribution in [1.82, 2.24) is 4.90 Å². The Morgan fingerprint density at radius 1 is 1.55 bits per heavy atom. The zero-order chi connectivity index (χ0) is 15.1. The van der Waals surface area contributed by atoms with Gasteiger partial charge < -0.3 is 10.0 Å². The monoisotopic (exact) mass is 343 g/mol. The van der Waals surface area contributed by atoms with Crippen LogP contribution < -0.4 is 0 Å². The smallest absolute Gasteiger partial charge is 0.407 e. The Kier molecular flexibility index (Phi) is 6.71. The molecule has 0 aliphatic rings. The van der Waals surface area contributed by atoms with Crippen LogP contribution in [0.2, 0.25) is 0 Å². The van der Waals surface area contributed by atoms with Crippen LogP contribution in [0, 0.1) is 5.82 Å². The maximum Gasteiger partial charge on any atom is 0.407 e. The predicted octanol–water partition coefficient (Wildman–Crippen LogP) is 4.99. The van der Waals surface area contributed by atoms with Crippen molar-refractivity contribution in [2.45, 2.75) is 32.2 Å². The van der Waals surface area contributed by atoms with Crippen molar-refractivity contribution in [2.24, 2.45) is 0 Å². The van der Waals surface area contributed by atoms with E-state index in [9.17, 15) is 14.3 Å². The summed E-state index contributed by atoms with van der Waals surface area (Å²) in [6, 6.07) is 4.06. The summed E-state index contributed by atoms with van der Waals surface area (Å²) in [4.78, 5) is 12.8. The van der Waals surface area contributed by atoms with E-state index in [1.54, 1.807) is 12.1 Å². The normalized spacial score (nSPS) is 11.9. The number of halogens is 2. The largest absolute Gasteiger partial charge is 0.465 e. The van der Waals surface area contributed by atoms with Gasteiger partial charge in [0.05, 0.1) is 6.04 Å². The van der Waals surface area contributed by atoms with E-state index < -0.39 is 12.1 Å². The number of unbranched alkanes of at least 4 members (excludes halogenated alkanes) is 1. The number of nitrogens with zero attached hydrogens (tertiary/aromatic N) is 1. The van der Waals surface area contributed by atoms with E-state index in [0.29, 0.717) is 23.0 Å². The minimum Gasteiger partial charge on any atom is -0.465 e. The molecule has 1 N–H and O–H groups in total.